The molecular weight excluding hydrogens is 322 g/mol. The van der Waals surface area contributed by atoms with Gasteiger partial charge in [-0.3, -0.25) is 9.59 Å². The Morgan fingerprint density at radius 1 is 1.39 bits per heavy atom. The minimum absolute atomic E-state index is 0.152. The Bertz CT molecular complexity index is 626. The Morgan fingerprint density at radius 3 is 3.00 bits per heavy atom. The van der Waals surface area contributed by atoms with Crippen molar-refractivity contribution in [3.63, 3.8) is 0 Å². The van der Waals surface area contributed by atoms with Crippen LogP contribution in [0.5, 0.6) is 0 Å². The first kappa shape index (κ1) is 17.1. The van der Waals surface area contributed by atoms with Gasteiger partial charge >= 0.3 is 5.97 Å². The molecule has 0 unspecified atom stereocenters. The molecular formula is C14H17N3O5S. The van der Waals surface area contributed by atoms with Crippen molar-refractivity contribution in [1.82, 2.24) is 15.5 Å². The molecule has 23 heavy (non-hydrogen) atoms. The molecule has 2 rings (SSSR count). The topological polar surface area (TPSA) is 107 Å². The fraction of sp³-hybridized carbons (Fsp3) is 0.429. The van der Waals surface area contributed by atoms with Gasteiger partial charge in [0.15, 0.2) is 5.76 Å². The summed E-state index contributed by atoms with van der Waals surface area (Å²) in [6.07, 6.45) is 2.34. The summed E-state index contributed by atoms with van der Waals surface area (Å²) in [5.74, 6) is 0.475. The van der Waals surface area contributed by atoms with E-state index in [1.165, 1.54) is 6.26 Å². The van der Waals surface area contributed by atoms with E-state index in [9.17, 15) is 9.59 Å². The second kappa shape index (κ2) is 8.99. The number of carbonyl (C=O) groups is 2. The van der Waals surface area contributed by atoms with Crippen molar-refractivity contribution in [2.45, 2.75) is 25.0 Å². The van der Waals surface area contributed by atoms with E-state index >= 15 is 0 Å². The lowest BCUT2D eigenvalue weighted by Crippen LogP contribution is -2.26. The number of rotatable bonds is 9. The summed E-state index contributed by atoms with van der Waals surface area (Å²) in [6, 6.07) is 3.42. The van der Waals surface area contributed by atoms with Crippen LogP contribution in [0.4, 0.5) is 0 Å². The van der Waals surface area contributed by atoms with E-state index in [2.05, 4.69) is 15.5 Å². The van der Waals surface area contributed by atoms with E-state index in [4.69, 9.17) is 13.6 Å². The minimum atomic E-state index is -0.257. The molecule has 0 aromatic carbocycles. The number of thioether (sulfide) groups is 1. The van der Waals surface area contributed by atoms with E-state index in [1.807, 2.05) is 0 Å². The highest BCUT2D eigenvalue weighted by atomic mass is 32.2. The lowest BCUT2D eigenvalue weighted by Gasteiger charge is -2.04. The Labute approximate surface area is 137 Å². The van der Waals surface area contributed by atoms with Gasteiger partial charge in [0.1, 0.15) is 0 Å². The van der Waals surface area contributed by atoms with Gasteiger partial charge in [0.2, 0.25) is 5.91 Å². The molecule has 1 amide bonds. The molecule has 0 fully saturated rings. The van der Waals surface area contributed by atoms with Gasteiger partial charge in [0.25, 0.3) is 11.1 Å². The van der Waals surface area contributed by atoms with Crippen molar-refractivity contribution in [2.24, 2.45) is 0 Å². The zero-order chi connectivity index (χ0) is 16.5. The van der Waals surface area contributed by atoms with Crippen LogP contribution in [-0.2, 0) is 14.3 Å². The van der Waals surface area contributed by atoms with Crippen LogP contribution in [0.2, 0.25) is 0 Å². The highest BCUT2D eigenvalue weighted by molar-refractivity contribution is 7.99. The number of aromatic nitrogens is 2. The largest absolute Gasteiger partial charge is 0.466 e. The van der Waals surface area contributed by atoms with Gasteiger partial charge in [-0.1, -0.05) is 11.8 Å². The number of nitrogens with one attached hydrogen (secondary N) is 1. The number of nitrogens with zero attached hydrogens (tertiary/aromatic N) is 2. The molecule has 0 aliphatic rings. The van der Waals surface area contributed by atoms with Crippen molar-refractivity contribution in [3.8, 4) is 11.7 Å². The molecule has 0 radical (unpaired) electrons. The lowest BCUT2D eigenvalue weighted by molar-refractivity contribution is -0.143. The number of amides is 1. The van der Waals surface area contributed by atoms with Crippen LogP contribution in [0.3, 0.4) is 0 Å². The summed E-state index contributed by atoms with van der Waals surface area (Å²) in [4.78, 5) is 22.8. The maximum Gasteiger partial charge on any atom is 0.305 e. The molecule has 9 heteroatoms. The summed E-state index contributed by atoms with van der Waals surface area (Å²) in [5.41, 5.74) is 0. The summed E-state index contributed by atoms with van der Waals surface area (Å²) in [6.45, 7) is 2.54. The summed E-state index contributed by atoms with van der Waals surface area (Å²) >= 11 is 1.13. The molecule has 124 valence electrons. The molecule has 1 N–H and O–H groups in total. The number of ether oxygens (including phenoxy) is 1. The Kier molecular flexibility index (Phi) is 6.67. The van der Waals surface area contributed by atoms with Gasteiger partial charge < -0.3 is 18.9 Å². The second-order valence-corrected chi connectivity index (χ2v) is 5.32. The Balaban J connectivity index is 1.64. The van der Waals surface area contributed by atoms with Crippen molar-refractivity contribution in [2.75, 3.05) is 18.9 Å². The lowest BCUT2D eigenvalue weighted by atomic mass is 10.3. The fourth-order valence-corrected chi connectivity index (χ4v) is 2.23. The molecule has 0 aliphatic carbocycles. The average Bonchev–Trinajstić information content (AvgIpc) is 3.20. The monoisotopic (exact) mass is 339 g/mol. The first-order valence-corrected chi connectivity index (χ1v) is 8.10. The molecule has 0 aliphatic heterocycles. The third-order valence-electron chi connectivity index (χ3n) is 2.65. The third-order valence-corrected chi connectivity index (χ3v) is 3.47. The van der Waals surface area contributed by atoms with E-state index in [-0.39, 0.29) is 35.2 Å². The third kappa shape index (κ3) is 5.78. The van der Waals surface area contributed by atoms with E-state index in [0.29, 0.717) is 25.3 Å². The van der Waals surface area contributed by atoms with Gasteiger partial charge in [-0.25, -0.2) is 0 Å². The van der Waals surface area contributed by atoms with Gasteiger partial charge in [-0.2, -0.15) is 0 Å². The molecule has 2 aromatic rings. The maximum atomic E-state index is 11.7. The van der Waals surface area contributed by atoms with Crippen LogP contribution < -0.4 is 5.32 Å². The number of furan rings is 1. The Morgan fingerprint density at radius 2 is 2.26 bits per heavy atom. The zero-order valence-corrected chi connectivity index (χ0v) is 13.4. The molecule has 0 bridgehead atoms. The smallest absolute Gasteiger partial charge is 0.305 e. The fourth-order valence-electron chi connectivity index (χ4n) is 1.64. The zero-order valence-electron chi connectivity index (χ0n) is 12.6. The summed E-state index contributed by atoms with van der Waals surface area (Å²) < 4.78 is 15.3. The first-order valence-electron chi connectivity index (χ1n) is 7.11. The molecule has 0 spiro atoms. The quantitative estimate of drug-likeness (QED) is 0.419. The van der Waals surface area contributed by atoms with Crippen molar-refractivity contribution in [3.05, 3.63) is 18.4 Å². The molecule has 8 nitrogen and oxygen atoms in total. The predicted molar refractivity (Wildman–Crippen MR) is 81.6 cm³/mol. The van der Waals surface area contributed by atoms with E-state index in [1.54, 1.807) is 19.1 Å². The second-order valence-electron chi connectivity index (χ2n) is 4.40. The number of esters is 1. The van der Waals surface area contributed by atoms with Gasteiger partial charge in [-0.05, 0) is 25.5 Å². The first-order chi connectivity index (χ1) is 11.2. The molecule has 0 atom stereocenters. The average molecular weight is 339 g/mol. The van der Waals surface area contributed by atoms with Crippen LogP contribution in [0.1, 0.15) is 19.8 Å². The van der Waals surface area contributed by atoms with Crippen LogP contribution in [-0.4, -0.2) is 41.0 Å². The van der Waals surface area contributed by atoms with E-state index in [0.717, 1.165) is 11.8 Å². The van der Waals surface area contributed by atoms with Gasteiger partial charge in [-0.15, -0.1) is 10.2 Å². The number of hydrogen-bond acceptors (Lipinski definition) is 8. The van der Waals surface area contributed by atoms with Crippen LogP contribution in [0.15, 0.2) is 32.5 Å². The van der Waals surface area contributed by atoms with Crippen molar-refractivity contribution in [1.29, 1.82) is 0 Å². The summed E-state index contributed by atoms with van der Waals surface area (Å²) in [7, 11) is 0. The van der Waals surface area contributed by atoms with Crippen LogP contribution >= 0.6 is 11.8 Å². The van der Waals surface area contributed by atoms with Crippen LogP contribution in [0, 0.1) is 0 Å². The highest BCUT2D eigenvalue weighted by Crippen LogP contribution is 2.22. The van der Waals surface area contributed by atoms with Crippen molar-refractivity contribution >= 4 is 23.6 Å². The molecule has 0 saturated carbocycles. The van der Waals surface area contributed by atoms with E-state index < -0.39 is 0 Å². The number of carbonyl (C=O) groups excluding carboxylic acids is 2. The SMILES string of the molecule is CCOC(=O)CCCNC(=O)CSc1nnc(-c2ccco2)o1. The highest BCUT2D eigenvalue weighted by Gasteiger charge is 2.12. The molecule has 2 heterocycles. The van der Waals surface area contributed by atoms with Crippen molar-refractivity contribution < 1.29 is 23.2 Å². The predicted octanol–water partition coefficient (Wildman–Crippen LogP) is 1.88. The van der Waals surface area contributed by atoms with Gasteiger partial charge in [0.05, 0.1) is 18.6 Å². The molecule has 0 saturated heterocycles. The Hall–Kier alpha value is -2.29. The normalized spacial score (nSPS) is 10.5. The maximum absolute atomic E-state index is 11.7. The minimum Gasteiger partial charge on any atom is -0.466 e. The van der Waals surface area contributed by atoms with Crippen LogP contribution in [0.25, 0.3) is 11.7 Å². The number of hydrogen-bond donors (Lipinski definition) is 1. The molecule has 2 aromatic heterocycles. The summed E-state index contributed by atoms with van der Waals surface area (Å²) in [5, 5.41) is 10.7. The standard InChI is InChI=1S/C14H17N3O5S/c1-2-20-12(19)6-3-7-15-11(18)9-23-14-17-16-13(22-14)10-5-4-8-21-10/h4-5,8H,2-3,6-7,9H2,1H3,(H,15,18). The van der Waals surface area contributed by atoms with Gasteiger partial charge in [0, 0.05) is 13.0 Å².